The number of anilines is 1. The number of hydrogen-bond donors (Lipinski definition) is 3. The third kappa shape index (κ3) is 3.15. The van der Waals surface area contributed by atoms with Gasteiger partial charge in [-0.15, -0.1) is 0 Å². The van der Waals surface area contributed by atoms with Crippen LogP contribution in [0.2, 0.25) is 5.02 Å². The molecule has 0 aliphatic heterocycles. The SMILES string of the molecule is CC(C)(O)C(C)(C)NC(=O)c1ccc(N)c(Cl)c1. The minimum absolute atomic E-state index is 0.302. The molecular weight excluding hydrogens is 252 g/mol. The third-order valence-corrected chi connectivity index (χ3v) is 3.55. The van der Waals surface area contributed by atoms with E-state index >= 15 is 0 Å². The Labute approximate surface area is 112 Å². The van der Waals surface area contributed by atoms with Crippen molar-refractivity contribution >= 4 is 23.2 Å². The van der Waals surface area contributed by atoms with Crippen LogP contribution in [0.4, 0.5) is 5.69 Å². The lowest BCUT2D eigenvalue weighted by Crippen LogP contribution is -2.57. The van der Waals surface area contributed by atoms with Gasteiger partial charge < -0.3 is 16.2 Å². The van der Waals surface area contributed by atoms with Crippen molar-refractivity contribution in [3.8, 4) is 0 Å². The molecule has 0 atom stereocenters. The highest BCUT2D eigenvalue weighted by Crippen LogP contribution is 2.23. The Kier molecular flexibility index (Phi) is 3.93. The van der Waals surface area contributed by atoms with Crippen molar-refractivity contribution < 1.29 is 9.90 Å². The molecule has 0 unspecified atom stereocenters. The van der Waals surface area contributed by atoms with Gasteiger partial charge in [0, 0.05) is 5.56 Å². The molecule has 4 N–H and O–H groups in total. The molecule has 18 heavy (non-hydrogen) atoms. The molecular formula is C13H19ClN2O2. The molecule has 100 valence electrons. The zero-order valence-electron chi connectivity index (χ0n) is 11.0. The maximum atomic E-state index is 12.0. The van der Waals surface area contributed by atoms with Crippen LogP contribution in [0.1, 0.15) is 38.1 Å². The molecule has 0 aliphatic rings. The van der Waals surface area contributed by atoms with Crippen molar-refractivity contribution in [1.82, 2.24) is 5.32 Å². The van der Waals surface area contributed by atoms with Crippen molar-refractivity contribution in [1.29, 1.82) is 0 Å². The molecule has 1 aromatic rings. The summed E-state index contributed by atoms with van der Waals surface area (Å²) >= 11 is 5.86. The van der Waals surface area contributed by atoms with Crippen LogP contribution < -0.4 is 11.1 Å². The van der Waals surface area contributed by atoms with Crippen molar-refractivity contribution in [3.63, 3.8) is 0 Å². The lowest BCUT2D eigenvalue weighted by Gasteiger charge is -2.38. The Morgan fingerprint density at radius 1 is 1.33 bits per heavy atom. The van der Waals surface area contributed by atoms with E-state index in [4.69, 9.17) is 17.3 Å². The Bertz CT molecular complexity index is 465. The van der Waals surface area contributed by atoms with Gasteiger partial charge in [0.25, 0.3) is 5.91 Å². The number of aliphatic hydroxyl groups is 1. The average Bonchev–Trinajstić information content (AvgIpc) is 2.19. The van der Waals surface area contributed by atoms with Gasteiger partial charge in [-0.25, -0.2) is 0 Å². The van der Waals surface area contributed by atoms with Crippen molar-refractivity contribution in [2.45, 2.75) is 38.8 Å². The second kappa shape index (κ2) is 4.78. The zero-order chi connectivity index (χ0) is 14.1. The molecule has 0 spiro atoms. The molecule has 1 aromatic carbocycles. The average molecular weight is 271 g/mol. The normalized spacial score (nSPS) is 12.3. The number of halogens is 1. The molecule has 0 aromatic heterocycles. The Morgan fingerprint density at radius 2 is 1.89 bits per heavy atom. The molecule has 0 saturated carbocycles. The van der Waals surface area contributed by atoms with Crippen molar-refractivity contribution in [2.75, 3.05) is 5.73 Å². The van der Waals surface area contributed by atoms with Gasteiger partial charge in [0.15, 0.2) is 0 Å². The van der Waals surface area contributed by atoms with Gasteiger partial charge in [-0.05, 0) is 45.9 Å². The van der Waals surface area contributed by atoms with Gasteiger partial charge in [0.05, 0.1) is 21.8 Å². The van der Waals surface area contributed by atoms with E-state index in [9.17, 15) is 9.90 Å². The number of rotatable bonds is 3. The first kappa shape index (κ1) is 14.8. The first-order valence-electron chi connectivity index (χ1n) is 5.64. The lowest BCUT2D eigenvalue weighted by atomic mass is 9.86. The molecule has 0 radical (unpaired) electrons. The highest BCUT2D eigenvalue weighted by atomic mass is 35.5. The molecule has 0 aliphatic carbocycles. The predicted molar refractivity (Wildman–Crippen MR) is 73.7 cm³/mol. The van der Waals surface area contributed by atoms with E-state index in [0.717, 1.165) is 0 Å². The number of nitrogens with two attached hydrogens (primary N) is 1. The Balaban J connectivity index is 2.93. The maximum Gasteiger partial charge on any atom is 0.251 e. The van der Waals surface area contributed by atoms with Gasteiger partial charge in [-0.2, -0.15) is 0 Å². The lowest BCUT2D eigenvalue weighted by molar-refractivity contribution is -0.00292. The van der Waals surface area contributed by atoms with Crippen LogP contribution in [0.25, 0.3) is 0 Å². The number of carbonyl (C=O) groups is 1. The number of benzene rings is 1. The minimum atomic E-state index is -1.04. The van der Waals surface area contributed by atoms with Crippen LogP contribution in [0.15, 0.2) is 18.2 Å². The first-order chi connectivity index (χ1) is 8.04. The molecule has 0 fully saturated rings. The number of nitrogens with one attached hydrogen (secondary N) is 1. The van der Waals surface area contributed by atoms with Crippen LogP contribution in [-0.4, -0.2) is 22.2 Å². The van der Waals surface area contributed by atoms with E-state index in [-0.39, 0.29) is 5.91 Å². The minimum Gasteiger partial charge on any atom is -0.398 e. The van der Waals surface area contributed by atoms with E-state index in [2.05, 4.69) is 5.32 Å². The second-order valence-corrected chi connectivity index (χ2v) is 5.78. The van der Waals surface area contributed by atoms with Crippen LogP contribution >= 0.6 is 11.6 Å². The van der Waals surface area contributed by atoms with Gasteiger partial charge in [-0.3, -0.25) is 4.79 Å². The summed E-state index contributed by atoms with van der Waals surface area (Å²) in [6, 6.07) is 4.68. The molecule has 1 rings (SSSR count). The summed E-state index contributed by atoms with van der Waals surface area (Å²) < 4.78 is 0. The fraction of sp³-hybridized carbons (Fsp3) is 0.462. The number of carbonyl (C=O) groups excluding carboxylic acids is 1. The highest BCUT2D eigenvalue weighted by molar-refractivity contribution is 6.33. The Morgan fingerprint density at radius 3 is 2.33 bits per heavy atom. The van der Waals surface area contributed by atoms with Crippen LogP contribution in [0.5, 0.6) is 0 Å². The van der Waals surface area contributed by atoms with E-state index in [1.165, 1.54) is 6.07 Å². The standard InChI is InChI=1S/C13H19ClN2O2/c1-12(2,13(3,4)18)16-11(17)8-5-6-10(15)9(14)7-8/h5-7,18H,15H2,1-4H3,(H,16,17). The molecule has 0 saturated heterocycles. The van der Waals surface area contributed by atoms with Crippen LogP contribution in [0.3, 0.4) is 0 Å². The summed E-state index contributed by atoms with van der Waals surface area (Å²) in [5, 5.41) is 13.1. The summed E-state index contributed by atoms with van der Waals surface area (Å²) in [6.45, 7) is 6.79. The summed E-state index contributed by atoms with van der Waals surface area (Å²) in [5.74, 6) is -0.302. The summed E-state index contributed by atoms with van der Waals surface area (Å²) in [6.07, 6.45) is 0. The quantitative estimate of drug-likeness (QED) is 0.737. The van der Waals surface area contributed by atoms with E-state index in [1.54, 1.807) is 39.8 Å². The molecule has 5 heteroatoms. The fourth-order valence-corrected chi connectivity index (χ4v) is 1.36. The Hall–Kier alpha value is -1.26. The van der Waals surface area contributed by atoms with Gasteiger partial charge in [0.2, 0.25) is 0 Å². The van der Waals surface area contributed by atoms with Crippen LogP contribution in [0, 0.1) is 0 Å². The van der Waals surface area contributed by atoms with Crippen LogP contribution in [-0.2, 0) is 0 Å². The molecule has 0 bridgehead atoms. The first-order valence-corrected chi connectivity index (χ1v) is 6.02. The van der Waals surface area contributed by atoms with E-state index < -0.39 is 11.1 Å². The predicted octanol–water partition coefficient (Wildman–Crippen LogP) is 2.20. The smallest absolute Gasteiger partial charge is 0.251 e. The largest absolute Gasteiger partial charge is 0.398 e. The van der Waals surface area contributed by atoms with Gasteiger partial charge in [-0.1, -0.05) is 11.6 Å². The van der Waals surface area contributed by atoms with Gasteiger partial charge in [0.1, 0.15) is 0 Å². The van der Waals surface area contributed by atoms with Gasteiger partial charge >= 0.3 is 0 Å². The number of amides is 1. The second-order valence-electron chi connectivity index (χ2n) is 5.37. The molecule has 0 heterocycles. The van der Waals surface area contributed by atoms with Crippen molar-refractivity contribution in [3.05, 3.63) is 28.8 Å². The molecule has 1 amide bonds. The summed E-state index contributed by atoms with van der Waals surface area (Å²) in [5.41, 5.74) is 4.61. The third-order valence-electron chi connectivity index (χ3n) is 3.22. The fourth-order valence-electron chi connectivity index (χ4n) is 1.18. The zero-order valence-corrected chi connectivity index (χ0v) is 11.8. The number of hydrogen-bond acceptors (Lipinski definition) is 3. The monoisotopic (exact) mass is 270 g/mol. The van der Waals surface area contributed by atoms with E-state index in [1.807, 2.05) is 0 Å². The highest BCUT2D eigenvalue weighted by Gasteiger charge is 2.36. The maximum absolute atomic E-state index is 12.0. The summed E-state index contributed by atoms with van der Waals surface area (Å²) in [7, 11) is 0. The summed E-state index contributed by atoms with van der Waals surface area (Å²) in [4.78, 5) is 12.0. The molecule has 4 nitrogen and oxygen atoms in total. The van der Waals surface area contributed by atoms with E-state index in [0.29, 0.717) is 16.3 Å². The number of nitrogen functional groups attached to an aromatic ring is 1. The topological polar surface area (TPSA) is 75.3 Å². The van der Waals surface area contributed by atoms with Crippen molar-refractivity contribution in [2.24, 2.45) is 0 Å².